The highest BCUT2D eigenvalue weighted by Crippen LogP contribution is 2.18. The largest absolute Gasteiger partial charge is 0.449 e. The molecule has 0 aromatic heterocycles. The maximum atomic E-state index is 12.2. The average Bonchev–Trinajstić information content (AvgIpc) is 2.68. The quantitative estimate of drug-likeness (QED) is 0.579. The van der Waals surface area contributed by atoms with Crippen molar-refractivity contribution in [1.82, 2.24) is 5.32 Å². The summed E-state index contributed by atoms with van der Waals surface area (Å²) in [7, 11) is 0. The number of ether oxygens (including phenoxy) is 1. The molecule has 136 valence electrons. The molecule has 2 rings (SSSR count). The Morgan fingerprint density at radius 3 is 2.27 bits per heavy atom. The van der Waals surface area contributed by atoms with E-state index in [0.717, 1.165) is 12.0 Å². The van der Waals surface area contributed by atoms with Gasteiger partial charge in [0.05, 0.1) is 0 Å². The summed E-state index contributed by atoms with van der Waals surface area (Å²) in [5.74, 6) is -0.589. The van der Waals surface area contributed by atoms with Crippen molar-refractivity contribution < 1.29 is 14.3 Å². The molecule has 4 heteroatoms. The van der Waals surface area contributed by atoms with Gasteiger partial charge in [0.1, 0.15) is 0 Å². The van der Waals surface area contributed by atoms with Gasteiger partial charge in [-0.3, -0.25) is 4.79 Å². The van der Waals surface area contributed by atoms with Crippen molar-refractivity contribution in [3.8, 4) is 0 Å². The number of amides is 1. The molecule has 0 unspecified atom stereocenters. The first-order valence-electron chi connectivity index (χ1n) is 8.86. The highest BCUT2D eigenvalue weighted by Gasteiger charge is 2.18. The lowest BCUT2D eigenvalue weighted by atomic mass is 9.96. The smallest absolute Gasteiger partial charge is 0.331 e. The van der Waals surface area contributed by atoms with Crippen LogP contribution in [0.2, 0.25) is 0 Å². The van der Waals surface area contributed by atoms with Crippen LogP contribution in [0.4, 0.5) is 0 Å². The maximum absolute atomic E-state index is 12.2. The zero-order chi connectivity index (χ0) is 18.8. The van der Waals surface area contributed by atoms with Crippen molar-refractivity contribution in [1.29, 1.82) is 0 Å². The molecule has 2 atom stereocenters. The van der Waals surface area contributed by atoms with E-state index in [4.69, 9.17) is 4.74 Å². The van der Waals surface area contributed by atoms with Crippen LogP contribution in [-0.4, -0.2) is 24.5 Å². The predicted octanol–water partition coefficient (Wildman–Crippen LogP) is 3.94. The fraction of sp³-hybridized carbons (Fsp3) is 0.273. The second-order valence-electron chi connectivity index (χ2n) is 6.08. The van der Waals surface area contributed by atoms with Crippen LogP contribution in [0.15, 0.2) is 66.7 Å². The highest BCUT2D eigenvalue weighted by atomic mass is 16.5. The molecule has 0 fully saturated rings. The summed E-state index contributed by atoms with van der Waals surface area (Å²) in [6, 6.07) is 19.5. The fourth-order valence-corrected chi connectivity index (χ4v) is 2.59. The summed E-state index contributed by atoms with van der Waals surface area (Å²) in [4.78, 5) is 24.1. The third kappa shape index (κ3) is 6.20. The van der Waals surface area contributed by atoms with Crippen molar-refractivity contribution >= 4 is 18.0 Å². The van der Waals surface area contributed by atoms with Crippen molar-refractivity contribution in [3.63, 3.8) is 0 Å². The first-order valence-corrected chi connectivity index (χ1v) is 8.86. The Labute approximate surface area is 154 Å². The van der Waals surface area contributed by atoms with Gasteiger partial charge in [-0.2, -0.15) is 0 Å². The standard InChI is InChI=1S/C22H25NO3/c1-3-19(20-12-8-5-9-13-20)16-23-22(25)17(2)26-21(24)15-14-18-10-6-4-7-11-18/h4-15,17,19H,3,16H2,1-2H3,(H,23,25)/b15-14+/t17-,19+/m0/s1. The molecule has 0 aliphatic heterocycles. The zero-order valence-electron chi connectivity index (χ0n) is 15.2. The minimum Gasteiger partial charge on any atom is -0.449 e. The van der Waals surface area contributed by atoms with Gasteiger partial charge in [-0.1, -0.05) is 67.6 Å². The number of rotatable bonds is 8. The number of hydrogen-bond donors (Lipinski definition) is 1. The molecule has 0 aliphatic rings. The van der Waals surface area contributed by atoms with Crippen molar-refractivity contribution in [3.05, 3.63) is 77.9 Å². The molecule has 26 heavy (non-hydrogen) atoms. The third-order valence-electron chi connectivity index (χ3n) is 4.16. The van der Waals surface area contributed by atoms with E-state index >= 15 is 0 Å². The van der Waals surface area contributed by atoms with E-state index in [0.29, 0.717) is 6.54 Å². The lowest BCUT2D eigenvalue weighted by molar-refractivity contribution is -0.150. The Morgan fingerprint density at radius 1 is 1.04 bits per heavy atom. The van der Waals surface area contributed by atoms with Crippen molar-refractivity contribution in [2.45, 2.75) is 32.3 Å². The molecular formula is C22H25NO3. The summed E-state index contributed by atoms with van der Waals surface area (Å²) >= 11 is 0. The molecule has 0 spiro atoms. The molecule has 1 amide bonds. The lowest BCUT2D eigenvalue weighted by Gasteiger charge is -2.18. The Bertz CT molecular complexity index is 726. The molecule has 1 N–H and O–H groups in total. The molecule has 0 radical (unpaired) electrons. The summed E-state index contributed by atoms with van der Waals surface area (Å²) < 4.78 is 5.17. The molecule has 4 nitrogen and oxygen atoms in total. The van der Waals surface area contributed by atoms with E-state index < -0.39 is 12.1 Å². The minimum atomic E-state index is -0.837. The normalized spacial score (nSPS) is 13.2. The van der Waals surface area contributed by atoms with E-state index in [9.17, 15) is 9.59 Å². The molecule has 2 aromatic rings. The van der Waals surface area contributed by atoms with Crippen LogP contribution in [0.3, 0.4) is 0 Å². The van der Waals surface area contributed by atoms with Gasteiger partial charge in [0.25, 0.3) is 5.91 Å². The second kappa shape index (κ2) is 10.2. The number of hydrogen-bond acceptors (Lipinski definition) is 3. The van der Waals surface area contributed by atoms with Crippen LogP contribution in [0.25, 0.3) is 6.08 Å². The van der Waals surface area contributed by atoms with Crippen LogP contribution in [-0.2, 0) is 14.3 Å². The van der Waals surface area contributed by atoms with Gasteiger partial charge < -0.3 is 10.1 Å². The Hall–Kier alpha value is -2.88. The number of carbonyl (C=O) groups excluding carboxylic acids is 2. The summed E-state index contributed by atoms with van der Waals surface area (Å²) in [6.07, 6.45) is 3.07. The Balaban J connectivity index is 1.81. The SMILES string of the molecule is CC[C@H](CNC(=O)[C@H](C)OC(=O)/C=C/c1ccccc1)c1ccccc1. The van der Waals surface area contributed by atoms with Crippen LogP contribution in [0, 0.1) is 0 Å². The first kappa shape index (κ1) is 19.4. The first-order chi connectivity index (χ1) is 12.6. The van der Waals surface area contributed by atoms with Crippen LogP contribution in [0.5, 0.6) is 0 Å². The van der Waals surface area contributed by atoms with Crippen LogP contribution < -0.4 is 5.32 Å². The third-order valence-corrected chi connectivity index (χ3v) is 4.16. The molecule has 2 aromatic carbocycles. The predicted molar refractivity (Wildman–Crippen MR) is 104 cm³/mol. The molecule has 0 bridgehead atoms. The van der Waals surface area contributed by atoms with Crippen molar-refractivity contribution in [2.24, 2.45) is 0 Å². The molecular weight excluding hydrogens is 326 g/mol. The van der Waals surface area contributed by atoms with Gasteiger partial charge in [-0.15, -0.1) is 0 Å². The lowest BCUT2D eigenvalue weighted by Crippen LogP contribution is -2.37. The van der Waals surface area contributed by atoms with Gasteiger partial charge in [0.2, 0.25) is 0 Å². The molecule has 0 aliphatic carbocycles. The molecule has 0 saturated carbocycles. The monoisotopic (exact) mass is 351 g/mol. The fourth-order valence-electron chi connectivity index (χ4n) is 2.59. The molecule has 0 saturated heterocycles. The van der Waals surface area contributed by atoms with E-state index in [1.54, 1.807) is 13.0 Å². The Morgan fingerprint density at radius 2 is 1.65 bits per heavy atom. The van der Waals surface area contributed by atoms with Gasteiger partial charge in [-0.25, -0.2) is 4.79 Å². The van der Waals surface area contributed by atoms with Gasteiger partial charge in [0.15, 0.2) is 6.10 Å². The number of esters is 1. The van der Waals surface area contributed by atoms with E-state index in [1.165, 1.54) is 11.6 Å². The summed E-state index contributed by atoms with van der Waals surface area (Å²) in [5.41, 5.74) is 2.08. The van der Waals surface area contributed by atoms with E-state index in [-0.39, 0.29) is 11.8 Å². The number of carbonyl (C=O) groups is 2. The summed E-state index contributed by atoms with van der Waals surface area (Å²) in [6.45, 7) is 4.18. The number of benzene rings is 2. The van der Waals surface area contributed by atoms with Crippen LogP contribution in [0.1, 0.15) is 37.3 Å². The number of nitrogens with one attached hydrogen (secondary N) is 1. The maximum Gasteiger partial charge on any atom is 0.331 e. The topological polar surface area (TPSA) is 55.4 Å². The summed E-state index contributed by atoms with van der Waals surface area (Å²) in [5, 5.41) is 2.87. The Kier molecular flexibility index (Phi) is 7.62. The second-order valence-corrected chi connectivity index (χ2v) is 6.08. The highest BCUT2D eigenvalue weighted by molar-refractivity contribution is 5.90. The van der Waals surface area contributed by atoms with Gasteiger partial charge in [0, 0.05) is 18.5 Å². The van der Waals surface area contributed by atoms with Crippen LogP contribution >= 0.6 is 0 Å². The van der Waals surface area contributed by atoms with E-state index in [2.05, 4.69) is 24.4 Å². The molecule has 0 heterocycles. The van der Waals surface area contributed by atoms with E-state index in [1.807, 2.05) is 48.5 Å². The minimum absolute atomic E-state index is 0.237. The zero-order valence-corrected chi connectivity index (χ0v) is 15.2. The van der Waals surface area contributed by atoms with Crippen molar-refractivity contribution in [2.75, 3.05) is 6.54 Å². The average molecular weight is 351 g/mol. The van der Waals surface area contributed by atoms with Gasteiger partial charge >= 0.3 is 5.97 Å². The van der Waals surface area contributed by atoms with Gasteiger partial charge in [-0.05, 0) is 30.5 Å².